The van der Waals surface area contributed by atoms with Crippen molar-refractivity contribution in [2.45, 2.75) is 32.2 Å². The van der Waals surface area contributed by atoms with E-state index in [4.69, 9.17) is 0 Å². The molecule has 3 rings (SSSR count). The number of aryl methyl sites for hydroxylation is 1. The van der Waals surface area contributed by atoms with Crippen molar-refractivity contribution in [3.63, 3.8) is 0 Å². The summed E-state index contributed by atoms with van der Waals surface area (Å²) in [4.78, 5) is 28.3. The third-order valence-electron chi connectivity index (χ3n) is 5.95. The third-order valence-corrected chi connectivity index (χ3v) is 7.86. The Kier molecular flexibility index (Phi) is 7.82. The molecule has 0 unspecified atom stereocenters. The van der Waals surface area contributed by atoms with Crippen LogP contribution in [0.4, 0.5) is 0 Å². The van der Waals surface area contributed by atoms with Gasteiger partial charge in [-0.1, -0.05) is 43.3 Å². The number of sulfonamides is 1. The molecule has 1 amide bonds. The molecule has 0 radical (unpaired) electrons. The lowest BCUT2D eigenvalue weighted by Crippen LogP contribution is -2.52. The van der Waals surface area contributed by atoms with Crippen molar-refractivity contribution in [2.75, 3.05) is 39.3 Å². The van der Waals surface area contributed by atoms with Crippen LogP contribution in [0.3, 0.4) is 0 Å². The smallest absolute Gasteiger partial charge is 0.243 e. The van der Waals surface area contributed by atoms with Crippen LogP contribution in [-0.4, -0.2) is 73.5 Å². The second kappa shape index (κ2) is 10.4. The quantitative estimate of drug-likeness (QED) is 0.570. The fourth-order valence-electron chi connectivity index (χ4n) is 3.79. The summed E-state index contributed by atoms with van der Waals surface area (Å²) >= 11 is 0. The molecule has 1 fully saturated rings. The highest BCUT2D eigenvalue weighted by Crippen LogP contribution is 2.19. The minimum atomic E-state index is -3.65. The van der Waals surface area contributed by atoms with Gasteiger partial charge < -0.3 is 4.90 Å². The van der Waals surface area contributed by atoms with Gasteiger partial charge in [0.2, 0.25) is 15.9 Å². The monoisotopic (exact) mass is 457 g/mol. The molecule has 0 atom stereocenters. The second-order valence-electron chi connectivity index (χ2n) is 8.10. The normalized spacial score (nSPS) is 15.2. The Morgan fingerprint density at radius 3 is 2.16 bits per heavy atom. The van der Waals surface area contributed by atoms with E-state index in [2.05, 4.69) is 24.0 Å². The maximum Gasteiger partial charge on any atom is 0.243 e. The number of Topliss-reactive ketones (excluding diaryl/α,β-unsaturated/α-hetero) is 1. The Labute approximate surface area is 190 Å². The second-order valence-corrected chi connectivity index (χ2v) is 10.0. The standard InChI is InChI=1S/C24H31N3O4S/c1-4-25(17-22-8-6-5-7-19(22)2)18-24(29)26-13-15-27(16-14-26)32(30,31)23-11-9-21(10-12-23)20(3)28/h5-12H,4,13-18H2,1-3H3. The Balaban J connectivity index is 1.57. The number of nitrogens with zero attached hydrogens (tertiary/aromatic N) is 3. The number of rotatable bonds is 8. The van der Waals surface area contributed by atoms with E-state index in [1.165, 1.54) is 46.6 Å². The van der Waals surface area contributed by atoms with Crippen LogP contribution in [0.15, 0.2) is 53.4 Å². The van der Waals surface area contributed by atoms with Crippen LogP contribution < -0.4 is 0 Å². The fraction of sp³-hybridized carbons (Fsp3) is 0.417. The van der Waals surface area contributed by atoms with Gasteiger partial charge in [0.25, 0.3) is 0 Å². The number of benzene rings is 2. The van der Waals surface area contributed by atoms with Gasteiger partial charge in [-0.2, -0.15) is 4.31 Å². The molecule has 8 heteroatoms. The third kappa shape index (κ3) is 5.62. The van der Waals surface area contributed by atoms with E-state index in [0.717, 1.165) is 6.54 Å². The van der Waals surface area contributed by atoms with Gasteiger partial charge in [0.15, 0.2) is 5.78 Å². The molecule has 0 aliphatic carbocycles. The van der Waals surface area contributed by atoms with Crippen LogP contribution in [0.25, 0.3) is 0 Å². The number of carbonyl (C=O) groups is 2. The van der Waals surface area contributed by atoms with E-state index in [1.54, 1.807) is 4.90 Å². The fourth-order valence-corrected chi connectivity index (χ4v) is 5.21. The predicted molar refractivity (Wildman–Crippen MR) is 124 cm³/mol. The molecule has 1 aliphatic rings. The molecular weight excluding hydrogens is 426 g/mol. The SMILES string of the molecule is CCN(CC(=O)N1CCN(S(=O)(=O)c2ccc(C(C)=O)cc2)CC1)Cc1ccccc1C. The number of carbonyl (C=O) groups excluding carboxylic acids is 2. The number of hydrogen-bond donors (Lipinski definition) is 0. The average molecular weight is 458 g/mol. The highest BCUT2D eigenvalue weighted by Gasteiger charge is 2.30. The number of piperazine rings is 1. The molecule has 0 bridgehead atoms. The van der Waals surface area contributed by atoms with Gasteiger partial charge in [0.05, 0.1) is 11.4 Å². The maximum absolute atomic E-state index is 12.9. The zero-order chi connectivity index (χ0) is 23.3. The van der Waals surface area contributed by atoms with E-state index in [9.17, 15) is 18.0 Å². The van der Waals surface area contributed by atoms with Crippen LogP contribution in [0.5, 0.6) is 0 Å². The lowest BCUT2D eigenvalue weighted by Gasteiger charge is -2.35. The molecule has 1 aliphatic heterocycles. The topological polar surface area (TPSA) is 78.0 Å². The van der Waals surface area contributed by atoms with Crippen molar-refractivity contribution < 1.29 is 18.0 Å². The number of ketones is 1. The van der Waals surface area contributed by atoms with Crippen LogP contribution in [0.2, 0.25) is 0 Å². The van der Waals surface area contributed by atoms with Crippen LogP contribution in [0.1, 0.15) is 35.3 Å². The first-order valence-electron chi connectivity index (χ1n) is 10.9. The summed E-state index contributed by atoms with van der Waals surface area (Å²) in [6.07, 6.45) is 0. The van der Waals surface area contributed by atoms with Crippen molar-refractivity contribution in [1.82, 2.24) is 14.1 Å². The van der Waals surface area contributed by atoms with Gasteiger partial charge in [-0.25, -0.2) is 8.42 Å². The lowest BCUT2D eigenvalue weighted by atomic mass is 10.1. The molecule has 0 aromatic heterocycles. The molecule has 2 aromatic carbocycles. The van der Waals surface area contributed by atoms with Crippen LogP contribution >= 0.6 is 0 Å². The average Bonchev–Trinajstić information content (AvgIpc) is 2.80. The van der Waals surface area contributed by atoms with Gasteiger partial charge in [0, 0.05) is 38.3 Å². The molecule has 1 heterocycles. The summed E-state index contributed by atoms with van der Waals surface area (Å²) in [5.74, 6) is -0.0899. The molecule has 172 valence electrons. The van der Waals surface area contributed by atoms with E-state index >= 15 is 0 Å². The van der Waals surface area contributed by atoms with Crippen molar-refractivity contribution in [3.05, 3.63) is 65.2 Å². The first-order chi connectivity index (χ1) is 15.2. The van der Waals surface area contributed by atoms with E-state index < -0.39 is 10.0 Å². The molecule has 7 nitrogen and oxygen atoms in total. The summed E-state index contributed by atoms with van der Waals surface area (Å²) in [5.41, 5.74) is 2.88. The van der Waals surface area contributed by atoms with Crippen LogP contribution in [-0.2, 0) is 21.4 Å². The van der Waals surface area contributed by atoms with Gasteiger partial charge >= 0.3 is 0 Å². The van der Waals surface area contributed by atoms with E-state index in [-0.39, 0.29) is 29.7 Å². The molecule has 0 saturated carbocycles. The van der Waals surface area contributed by atoms with Gasteiger partial charge in [-0.15, -0.1) is 0 Å². The summed E-state index contributed by atoms with van der Waals surface area (Å²) in [7, 11) is -3.65. The number of likely N-dealkylation sites (N-methyl/N-ethyl adjacent to an activating group) is 1. The highest BCUT2D eigenvalue weighted by atomic mass is 32.2. The van der Waals surface area contributed by atoms with Crippen molar-refractivity contribution >= 4 is 21.7 Å². The van der Waals surface area contributed by atoms with E-state index in [0.29, 0.717) is 31.7 Å². The zero-order valence-corrected chi connectivity index (χ0v) is 19.8. The number of amides is 1. The van der Waals surface area contributed by atoms with Crippen molar-refractivity contribution in [1.29, 1.82) is 0 Å². The molecule has 0 spiro atoms. The Bertz CT molecular complexity index is 1060. The van der Waals surface area contributed by atoms with Gasteiger partial charge in [0.1, 0.15) is 0 Å². The summed E-state index contributed by atoms with van der Waals surface area (Å²) in [6, 6.07) is 14.2. The first-order valence-corrected chi connectivity index (χ1v) is 12.3. The van der Waals surface area contributed by atoms with Crippen molar-refractivity contribution in [2.24, 2.45) is 0 Å². The summed E-state index contributed by atoms with van der Waals surface area (Å²) < 4.78 is 27.3. The molecule has 0 N–H and O–H groups in total. The lowest BCUT2D eigenvalue weighted by molar-refractivity contribution is -0.133. The van der Waals surface area contributed by atoms with Gasteiger partial charge in [-0.05, 0) is 43.7 Å². The Hall–Kier alpha value is -2.55. The Morgan fingerprint density at radius 1 is 0.969 bits per heavy atom. The zero-order valence-electron chi connectivity index (χ0n) is 19.0. The highest BCUT2D eigenvalue weighted by molar-refractivity contribution is 7.89. The molecule has 32 heavy (non-hydrogen) atoms. The molecule has 1 saturated heterocycles. The minimum Gasteiger partial charge on any atom is -0.339 e. The number of hydrogen-bond acceptors (Lipinski definition) is 5. The molecular formula is C24H31N3O4S. The first kappa shape index (κ1) is 24.1. The minimum absolute atomic E-state index is 0.0169. The largest absolute Gasteiger partial charge is 0.339 e. The molecule has 2 aromatic rings. The van der Waals surface area contributed by atoms with Crippen molar-refractivity contribution in [3.8, 4) is 0 Å². The van der Waals surface area contributed by atoms with Gasteiger partial charge in [-0.3, -0.25) is 14.5 Å². The van der Waals surface area contributed by atoms with Crippen LogP contribution in [0, 0.1) is 6.92 Å². The van der Waals surface area contributed by atoms with E-state index in [1.807, 2.05) is 19.1 Å². The Morgan fingerprint density at radius 2 is 1.59 bits per heavy atom. The predicted octanol–water partition coefficient (Wildman–Crippen LogP) is 2.55. The summed E-state index contributed by atoms with van der Waals surface area (Å²) in [6.45, 7) is 8.57. The maximum atomic E-state index is 12.9. The summed E-state index contributed by atoms with van der Waals surface area (Å²) in [5, 5.41) is 0.